The highest BCUT2D eigenvalue weighted by molar-refractivity contribution is 6.09. The molecule has 1 aromatic carbocycles. The molecular formula is C17H24N2O2. The molecule has 1 aromatic rings. The van der Waals surface area contributed by atoms with E-state index in [0.717, 1.165) is 38.0 Å². The van der Waals surface area contributed by atoms with Crippen LogP contribution in [0.4, 0.5) is 5.69 Å². The minimum Gasteiger partial charge on any atom is -0.342 e. The Balaban J connectivity index is 2.04. The number of nitrogens with zero attached hydrogens (tertiary/aromatic N) is 1. The number of amides is 2. The zero-order valence-corrected chi connectivity index (χ0v) is 13.1. The molecule has 1 N–H and O–H groups in total. The molecule has 1 heterocycles. The fourth-order valence-electron chi connectivity index (χ4n) is 2.52. The number of anilines is 1. The molecule has 1 fully saturated rings. The molecule has 0 aliphatic carbocycles. The average Bonchev–Trinajstić information content (AvgIpc) is 3.01. The van der Waals surface area contributed by atoms with Crippen molar-refractivity contribution in [3.05, 3.63) is 29.8 Å². The lowest BCUT2D eigenvalue weighted by molar-refractivity contribution is -0.145. The number of carbonyl (C=O) groups is 2. The molecule has 114 valence electrons. The van der Waals surface area contributed by atoms with Gasteiger partial charge in [-0.1, -0.05) is 19.1 Å². The molecule has 0 spiro atoms. The monoisotopic (exact) mass is 288 g/mol. The predicted octanol–water partition coefficient (Wildman–Crippen LogP) is 2.84. The van der Waals surface area contributed by atoms with Crippen molar-refractivity contribution in [2.24, 2.45) is 5.41 Å². The molecule has 21 heavy (non-hydrogen) atoms. The van der Waals surface area contributed by atoms with E-state index in [9.17, 15) is 9.59 Å². The Kier molecular flexibility index (Phi) is 4.66. The molecule has 1 aliphatic rings. The summed E-state index contributed by atoms with van der Waals surface area (Å²) in [4.78, 5) is 26.7. The Morgan fingerprint density at radius 1 is 1.14 bits per heavy atom. The third kappa shape index (κ3) is 3.43. The summed E-state index contributed by atoms with van der Waals surface area (Å²) in [7, 11) is 0. The Morgan fingerprint density at radius 3 is 2.24 bits per heavy atom. The molecule has 0 radical (unpaired) electrons. The van der Waals surface area contributed by atoms with Crippen molar-refractivity contribution in [3.8, 4) is 0 Å². The average molecular weight is 288 g/mol. The molecule has 1 saturated heterocycles. The summed E-state index contributed by atoms with van der Waals surface area (Å²) in [5, 5.41) is 2.85. The van der Waals surface area contributed by atoms with Crippen LogP contribution >= 0.6 is 0 Å². The van der Waals surface area contributed by atoms with Crippen LogP contribution in [-0.4, -0.2) is 29.8 Å². The number of carbonyl (C=O) groups excluding carboxylic acids is 2. The number of benzene rings is 1. The van der Waals surface area contributed by atoms with E-state index in [0.29, 0.717) is 0 Å². The van der Waals surface area contributed by atoms with Crippen LogP contribution in [0, 0.1) is 5.41 Å². The summed E-state index contributed by atoms with van der Waals surface area (Å²) in [6.07, 6.45) is 3.02. The van der Waals surface area contributed by atoms with Crippen LogP contribution in [0.1, 0.15) is 39.2 Å². The van der Waals surface area contributed by atoms with Gasteiger partial charge in [0.2, 0.25) is 11.8 Å². The van der Waals surface area contributed by atoms with Gasteiger partial charge in [-0.15, -0.1) is 0 Å². The van der Waals surface area contributed by atoms with Gasteiger partial charge in [-0.05, 0) is 50.8 Å². The van der Waals surface area contributed by atoms with Crippen LogP contribution in [0.25, 0.3) is 0 Å². The van der Waals surface area contributed by atoms with Gasteiger partial charge in [0, 0.05) is 18.8 Å². The molecule has 0 atom stereocenters. The minimum absolute atomic E-state index is 0.0809. The second-order valence-corrected chi connectivity index (χ2v) is 6.13. The van der Waals surface area contributed by atoms with E-state index in [1.807, 2.05) is 24.3 Å². The predicted molar refractivity (Wildman–Crippen MR) is 84.0 cm³/mol. The van der Waals surface area contributed by atoms with E-state index in [1.165, 1.54) is 5.56 Å². The summed E-state index contributed by atoms with van der Waals surface area (Å²) in [6.45, 7) is 7.01. The molecule has 0 saturated carbocycles. The molecule has 0 unspecified atom stereocenters. The van der Waals surface area contributed by atoms with Crippen molar-refractivity contribution in [2.75, 3.05) is 18.4 Å². The third-order valence-corrected chi connectivity index (χ3v) is 4.12. The van der Waals surface area contributed by atoms with Crippen molar-refractivity contribution in [1.82, 2.24) is 4.90 Å². The standard InChI is InChI=1S/C17H24N2O2/c1-4-13-7-9-14(10-8-13)18-15(20)17(2,3)16(21)19-11-5-6-12-19/h7-10H,4-6,11-12H2,1-3H3,(H,18,20). The fourth-order valence-corrected chi connectivity index (χ4v) is 2.52. The lowest BCUT2D eigenvalue weighted by Gasteiger charge is -2.28. The van der Waals surface area contributed by atoms with Gasteiger partial charge in [0.15, 0.2) is 0 Å². The highest BCUT2D eigenvalue weighted by Gasteiger charge is 2.39. The summed E-state index contributed by atoms with van der Waals surface area (Å²) >= 11 is 0. The number of hydrogen-bond acceptors (Lipinski definition) is 2. The van der Waals surface area contributed by atoms with Gasteiger partial charge in [-0.3, -0.25) is 9.59 Å². The Labute approximate surface area is 126 Å². The second-order valence-electron chi connectivity index (χ2n) is 6.13. The van der Waals surface area contributed by atoms with Crippen LogP contribution in [-0.2, 0) is 16.0 Å². The smallest absolute Gasteiger partial charge is 0.239 e. The van der Waals surface area contributed by atoms with Crippen molar-refractivity contribution >= 4 is 17.5 Å². The topological polar surface area (TPSA) is 49.4 Å². The number of nitrogens with one attached hydrogen (secondary N) is 1. The molecule has 2 amide bonds. The zero-order chi connectivity index (χ0) is 15.5. The van der Waals surface area contributed by atoms with Crippen LogP contribution < -0.4 is 5.32 Å². The maximum absolute atomic E-state index is 12.5. The van der Waals surface area contributed by atoms with E-state index in [2.05, 4.69) is 12.2 Å². The maximum Gasteiger partial charge on any atom is 0.239 e. The number of likely N-dealkylation sites (tertiary alicyclic amines) is 1. The van der Waals surface area contributed by atoms with Gasteiger partial charge < -0.3 is 10.2 Å². The lowest BCUT2D eigenvalue weighted by Crippen LogP contribution is -2.46. The van der Waals surface area contributed by atoms with E-state index in [-0.39, 0.29) is 11.8 Å². The summed E-state index contributed by atoms with van der Waals surface area (Å²) in [6, 6.07) is 7.75. The van der Waals surface area contributed by atoms with E-state index < -0.39 is 5.41 Å². The molecule has 0 aromatic heterocycles. The fraction of sp³-hybridized carbons (Fsp3) is 0.529. The third-order valence-electron chi connectivity index (χ3n) is 4.12. The van der Waals surface area contributed by atoms with Crippen LogP contribution in [0.3, 0.4) is 0 Å². The van der Waals surface area contributed by atoms with Crippen molar-refractivity contribution in [2.45, 2.75) is 40.0 Å². The Hall–Kier alpha value is -1.84. The van der Waals surface area contributed by atoms with Gasteiger partial charge >= 0.3 is 0 Å². The van der Waals surface area contributed by atoms with Crippen LogP contribution in [0.15, 0.2) is 24.3 Å². The maximum atomic E-state index is 12.5. The van der Waals surface area contributed by atoms with Gasteiger partial charge in [0.1, 0.15) is 5.41 Å². The molecule has 0 bridgehead atoms. The first-order valence-electron chi connectivity index (χ1n) is 7.65. The van der Waals surface area contributed by atoms with Gasteiger partial charge in [-0.2, -0.15) is 0 Å². The first kappa shape index (κ1) is 15.5. The number of rotatable bonds is 4. The summed E-state index contributed by atoms with van der Waals surface area (Å²) < 4.78 is 0. The van der Waals surface area contributed by atoms with Crippen LogP contribution in [0.2, 0.25) is 0 Å². The van der Waals surface area contributed by atoms with Gasteiger partial charge in [0.25, 0.3) is 0 Å². The quantitative estimate of drug-likeness (QED) is 0.866. The largest absolute Gasteiger partial charge is 0.342 e. The number of hydrogen-bond donors (Lipinski definition) is 1. The van der Waals surface area contributed by atoms with E-state index in [4.69, 9.17) is 0 Å². The van der Waals surface area contributed by atoms with Gasteiger partial charge in [0.05, 0.1) is 0 Å². The van der Waals surface area contributed by atoms with E-state index in [1.54, 1.807) is 18.7 Å². The van der Waals surface area contributed by atoms with Crippen molar-refractivity contribution < 1.29 is 9.59 Å². The SMILES string of the molecule is CCc1ccc(NC(=O)C(C)(C)C(=O)N2CCCC2)cc1. The molecule has 4 heteroatoms. The van der Waals surface area contributed by atoms with Crippen molar-refractivity contribution in [1.29, 1.82) is 0 Å². The Bertz CT molecular complexity index is 514. The lowest BCUT2D eigenvalue weighted by atomic mass is 9.90. The minimum atomic E-state index is -1.03. The zero-order valence-electron chi connectivity index (χ0n) is 13.1. The molecule has 4 nitrogen and oxygen atoms in total. The Morgan fingerprint density at radius 2 is 1.71 bits per heavy atom. The highest BCUT2D eigenvalue weighted by atomic mass is 16.2. The second kappa shape index (κ2) is 6.29. The summed E-state index contributed by atoms with van der Waals surface area (Å²) in [5.74, 6) is -0.327. The molecule has 2 rings (SSSR count). The van der Waals surface area contributed by atoms with Crippen molar-refractivity contribution in [3.63, 3.8) is 0 Å². The van der Waals surface area contributed by atoms with Crippen LogP contribution in [0.5, 0.6) is 0 Å². The molecular weight excluding hydrogens is 264 g/mol. The van der Waals surface area contributed by atoms with Gasteiger partial charge in [-0.25, -0.2) is 0 Å². The first-order valence-corrected chi connectivity index (χ1v) is 7.65. The summed E-state index contributed by atoms with van der Waals surface area (Å²) in [5.41, 5.74) is 0.924. The number of aryl methyl sites for hydroxylation is 1. The first-order chi connectivity index (χ1) is 9.95. The normalized spacial score (nSPS) is 15.1. The van der Waals surface area contributed by atoms with E-state index >= 15 is 0 Å². The highest BCUT2D eigenvalue weighted by Crippen LogP contribution is 2.24. The molecule has 1 aliphatic heterocycles.